The lowest BCUT2D eigenvalue weighted by atomic mass is 10.2. The van der Waals surface area contributed by atoms with E-state index >= 15 is 0 Å². The number of fused-ring (bicyclic) bond motifs is 1. The van der Waals surface area contributed by atoms with Crippen molar-refractivity contribution >= 4 is 23.3 Å². The quantitative estimate of drug-likeness (QED) is 0.760. The zero-order valence-electron chi connectivity index (χ0n) is 14.2. The minimum Gasteiger partial charge on any atom is -0.303 e. The van der Waals surface area contributed by atoms with E-state index in [2.05, 4.69) is 23.6 Å². The molecule has 0 unspecified atom stereocenters. The topological polar surface area (TPSA) is 16.3 Å². The molecule has 4 nitrogen and oxygen atoms in total. The number of benzene rings is 1. The van der Waals surface area contributed by atoms with Crippen LogP contribution in [0.15, 0.2) is 24.3 Å². The molecule has 2 heterocycles. The van der Waals surface area contributed by atoms with Crippen LogP contribution in [0.3, 0.4) is 0 Å². The van der Waals surface area contributed by atoms with Crippen LogP contribution < -0.4 is 0 Å². The van der Waals surface area contributed by atoms with Gasteiger partial charge < -0.3 is 9.47 Å². The summed E-state index contributed by atoms with van der Waals surface area (Å²) in [6.07, 6.45) is 0. The van der Waals surface area contributed by atoms with Gasteiger partial charge in [0, 0.05) is 32.7 Å². The molecule has 1 fully saturated rings. The minimum absolute atomic E-state index is 0.191. The normalized spacial score (nSPS) is 17.4. The Hall–Kier alpha value is -1.31. The number of alkyl halides is 2. The molecule has 0 N–H and O–H groups in total. The molecule has 0 bridgehead atoms. The first-order chi connectivity index (χ1) is 11.5. The summed E-state index contributed by atoms with van der Waals surface area (Å²) in [6, 6.07) is 7.20. The Labute approximate surface area is 146 Å². The molecule has 0 saturated carbocycles. The molecular weight excluding hydrogens is 330 g/mol. The van der Waals surface area contributed by atoms with Gasteiger partial charge in [-0.2, -0.15) is 8.78 Å². The highest BCUT2D eigenvalue weighted by atomic mass is 32.1. The van der Waals surface area contributed by atoms with Gasteiger partial charge in [-0.1, -0.05) is 26.0 Å². The Morgan fingerprint density at radius 1 is 1.00 bits per heavy atom. The van der Waals surface area contributed by atoms with Crippen LogP contribution in [0.4, 0.5) is 8.78 Å². The fourth-order valence-corrected chi connectivity index (χ4v) is 3.72. The summed E-state index contributed by atoms with van der Waals surface area (Å²) >= 11 is 5.33. The van der Waals surface area contributed by atoms with Gasteiger partial charge in [0.25, 0.3) is 0 Å². The number of hydrogen-bond acceptors (Lipinski definition) is 3. The van der Waals surface area contributed by atoms with Crippen LogP contribution in [0.5, 0.6) is 0 Å². The molecule has 24 heavy (non-hydrogen) atoms. The third kappa shape index (κ3) is 3.53. The van der Waals surface area contributed by atoms with Gasteiger partial charge in [0.2, 0.25) is 0 Å². The summed E-state index contributed by atoms with van der Waals surface area (Å²) in [4.78, 5) is 4.75. The van der Waals surface area contributed by atoms with Crippen molar-refractivity contribution in [3.05, 3.63) is 29.0 Å². The maximum atomic E-state index is 13.4. The highest BCUT2D eigenvalue weighted by molar-refractivity contribution is 7.71. The van der Waals surface area contributed by atoms with E-state index in [1.165, 1.54) is 0 Å². The number of imidazole rings is 1. The predicted octanol–water partition coefficient (Wildman–Crippen LogP) is 3.80. The first kappa shape index (κ1) is 17.5. The van der Waals surface area contributed by atoms with Crippen molar-refractivity contribution < 1.29 is 8.78 Å². The monoisotopic (exact) mass is 354 g/mol. The Morgan fingerprint density at radius 3 is 2.17 bits per heavy atom. The van der Waals surface area contributed by atoms with Gasteiger partial charge in [0.05, 0.1) is 17.7 Å². The molecule has 132 valence electrons. The molecule has 1 aromatic heterocycles. The van der Waals surface area contributed by atoms with Crippen molar-refractivity contribution in [2.45, 2.75) is 27.1 Å². The SMILES string of the molecule is CC(C)CN1CCN(Cn2c(=S)n(C(F)F)c3ccccc32)CC1. The molecule has 1 saturated heterocycles. The standard InChI is InChI=1S/C17H24F2N4S/c1-13(2)11-20-7-9-21(10-8-20)12-22-14-5-3-4-6-15(14)23(16(18)19)17(22)24/h3-6,13,16H,7-12H2,1-2H3. The number of hydrogen-bond donors (Lipinski definition) is 0. The summed E-state index contributed by atoms with van der Waals surface area (Å²) in [5.74, 6) is 0.661. The van der Waals surface area contributed by atoms with Gasteiger partial charge in [-0.15, -0.1) is 0 Å². The van der Waals surface area contributed by atoms with E-state index in [4.69, 9.17) is 12.2 Å². The molecule has 3 rings (SSSR count). The van der Waals surface area contributed by atoms with Crippen LogP contribution >= 0.6 is 12.2 Å². The predicted molar refractivity (Wildman–Crippen MR) is 94.9 cm³/mol. The molecule has 0 amide bonds. The summed E-state index contributed by atoms with van der Waals surface area (Å²) in [7, 11) is 0. The van der Waals surface area contributed by atoms with Gasteiger partial charge in [-0.3, -0.25) is 9.47 Å². The van der Waals surface area contributed by atoms with Crippen LogP contribution in [0, 0.1) is 10.7 Å². The molecule has 0 aliphatic carbocycles. The minimum atomic E-state index is -2.62. The van der Waals surface area contributed by atoms with E-state index in [1.54, 1.807) is 12.1 Å². The Kier molecular flexibility index (Phi) is 5.32. The Morgan fingerprint density at radius 2 is 1.58 bits per heavy atom. The third-order valence-corrected chi connectivity index (χ3v) is 4.91. The van der Waals surface area contributed by atoms with Gasteiger partial charge in [0.15, 0.2) is 4.77 Å². The van der Waals surface area contributed by atoms with Crippen molar-refractivity contribution in [3.8, 4) is 0 Å². The number of piperazine rings is 1. The smallest absolute Gasteiger partial charge is 0.303 e. The van der Waals surface area contributed by atoms with Crippen LogP contribution in [0.1, 0.15) is 20.4 Å². The van der Waals surface area contributed by atoms with E-state index in [-0.39, 0.29) is 4.77 Å². The second-order valence-electron chi connectivity index (χ2n) is 6.80. The number of halogens is 2. The van der Waals surface area contributed by atoms with Crippen molar-refractivity contribution in [1.82, 2.24) is 18.9 Å². The molecule has 1 aromatic carbocycles. The summed E-state index contributed by atoms with van der Waals surface area (Å²) in [5.41, 5.74) is 1.27. The summed E-state index contributed by atoms with van der Waals surface area (Å²) in [6.45, 7) is 7.40. The molecule has 2 aromatic rings. The lowest BCUT2D eigenvalue weighted by Gasteiger charge is -2.35. The molecule has 0 spiro atoms. The zero-order chi connectivity index (χ0) is 17.3. The van der Waals surface area contributed by atoms with E-state index < -0.39 is 6.55 Å². The zero-order valence-corrected chi connectivity index (χ0v) is 15.0. The molecule has 0 radical (unpaired) electrons. The molecule has 0 atom stereocenters. The van der Waals surface area contributed by atoms with Gasteiger partial charge in [-0.25, -0.2) is 0 Å². The van der Waals surface area contributed by atoms with Gasteiger partial charge >= 0.3 is 6.55 Å². The van der Waals surface area contributed by atoms with Crippen LogP contribution in [0.25, 0.3) is 11.0 Å². The first-order valence-electron chi connectivity index (χ1n) is 8.40. The molecule has 7 heteroatoms. The molecule has 1 aliphatic heterocycles. The first-order valence-corrected chi connectivity index (χ1v) is 8.81. The van der Waals surface area contributed by atoms with Crippen molar-refractivity contribution in [2.75, 3.05) is 32.7 Å². The van der Waals surface area contributed by atoms with E-state index in [9.17, 15) is 8.78 Å². The highest BCUT2D eigenvalue weighted by Crippen LogP contribution is 2.24. The summed E-state index contributed by atoms with van der Waals surface area (Å²) in [5, 5.41) is 0. The van der Waals surface area contributed by atoms with Crippen LogP contribution in [-0.4, -0.2) is 51.7 Å². The maximum Gasteiger partial charge on any atom is 0.321 e. The Bertz CT molecular complexity index is 745. The average Bonchev–Trinajstić information content (AvgIpc) is 2.81. The molecule has 1 aliphatic rings. The van der Waals surface area contributed by atoms with E-state index in [0.29, 0.717) is 18.1 Å². The van der Waals surface area contributed by atoms with Crippen molar-refractivity contribution in [1.29, 1.82) is 0 Å². The fourth-order valence-electron chi connectivity index (χ4n) is 3.39. The maximum absolute atomic E-state index is 13.4. The van der Waals surface area contributed by atoms with E-state index in [0.717, 1.165) is 42.8 Å². The lowest BCUT2D eigenvalue weighted by molar-refractivity contribution is 0.0697. The lowest BCUT2D eigenvalue weighted by Crippen LogP contribution is -2.47. The fraction of sp³-hybridized carbons (Fsp3) is 0.588. The number of nitrogens with zero attached hydrogens (tertiary/aromatic N) is 4. The largest absolute Gasteiger partial charge is 0.321 e. The van der Waals surface area contributed by atoms with Crippen LogP contribution in [-0.2, 0) is 6.67 Å². The van der Waals surface area contributed by atoms with Crippen LogP contribution in [0.2, 0.25) is 0 Å². The average molecular weight is 354 g/mol. The third-order valence-electron chi connectivity index (χ3n) is 4.49. The number of rotatable bonds is 5. The summed E-state index contributed by atoms with van der Waals surface area (Å²) < 4.78 is 29.7. The van der Waals surface area contributed by atoms with Crippen molar-refractivity contribution in [3.63, 3.8) is 0 Å². The van der Waals surface area contributed by atoms with Crippen molar-refractivity contribution in [2.24, 2.45) is 5.92 Å². The second kappa shape index (κ2) is 7.29. The van der Waals surface area contributed by atoms with E-state index in [1.807, 2.05) is 16.7 Å². The second-order valence-corrected chi connectivity index (χ2v) is 7.17. The Balaban J connectivity index is 1.79. The number of para-hydroxylation sites is 2. The number of aromatic nitrogens is 2. The van der Waals surface area contributed by atoms with Gasteiger partial charge in [-0.05, 0) is 30.3 Å². The molecular formula is C17H24F2N4S. The highest BCUT2D eigenvalue weighted by Gasteiger charge is 2.21. The van der Waals surface area contributed by atoms with Gasteiger partial charge in [0.1, 0.15) is 0 Å².